The van der Waals surface area contributed by atoms with Crippen LogP contribution < -0.4 is 16.8 Å². The first-order valence-electron chi connectivity index (χ1n) is 6.41. The third-order valence-corrected chi connectivity index (χ3v) is 3.66. The van der Waals surface area contributed by atoms with Crippen molar-refractivity contribution in [2.24, 2.45) is 11.5 Å². The molecule has 0 fully saturated rings. The van der Waals surface area contributed by atoms with E-state index in [1.807, 2.05) is 0 Å². The zero-order valence-electron chi connectivity index (χ0n) is 11.5. The second-order valence-corrected chi connectivity index (χ2v) is 5.56. The second-order valence-electron chi connectivity index (χ2n) is 4.65. The van der Waals surface area contributed by atoms with Gasteiger partial charge in [-0.25, -0.2) is 4.79 Å². The van der Waals surface area contributed by atoms with Gasteiger partial charge in [0.15, 0.2) is 0 Å². The smallest absolute Gasteiger partial charge is 0.263 e. The molecule has 0 heterocycles. The number of hydrogen-bond donors (Lipinski definition) is 3. The number of halogens is 1. The Morgan fingerprint density at radius 2 is 1.68 bits per heavy atom. The Kier molecular flexibility index (Phi) is 4.78. The first-order valence-corrected chi connectivity index (χ1v) is 7.20. The summed E-state index contributed by atoms with van der Waals surface area (Å²) < 4.78 is 0.869. The quantitative estimate of drug-likeness (QED) is 0.560. The first-order chi connectivity index (χ1) is 10.5. The van der Waals surface area contributed by atoms with Gasteiger partial charge in [-0.3, -0.25) is 10.5 Å². The monoisotopic (exact) mass is 359 g/mol. The number of hydrogen-bond acceptors (Lipinski definition) is 4. The van der Waals surface area contributed by atoms with Gasteiger partial charge in [-0.05, 0) is 29.8 Å². The van der Waals surface area contributed by atoms with Gasteiger partial charge in [0.25, 0.3) is 5.91 Å². The summed E-state index contributed by atoms with van der Waals surface area (Å²) in [4.78, 5) is 23.3. The van der Waals surface area contributed by atoms with E-state index in [0.717, 1.165) is 4.47 Å². The van der Waals surface area contributed by atoms with Crippen LogP contribution in [0.25, 0.3) is 5.57 Å². The molecule has 1 unspecified atom stereocenters. The summed E-state index contributed by atoms with van der Waals surface area (Å²) in [6.45, 7) is 0. The summed E-state index contributed by atoms with van der Waals surface area (Å²) in [5, 5.41) is 2.81. The number of amides is 1. The van der Waals surface area contributed by atoms with E-state index in [1.165, 1.54) is 0 Å². The van der Waals surface area contributed by atoms with Crippen LogP contribution in [0, 0.1) is 0 Å². The number of primary amides is 1. The van der Waals surface area contributed by atoms with Crippen LogP contribution in [0.4, 0.5) is 5.69 Å². The molecule has 1 amide bonds. The van der Waals surface area contributed by atoms with Crippen LogP contribution in [0.5, 0.6) is 0 Å². The molecule has 0 aromatic heterocycles. The second kappa shape index (κ2) is 6.58. The normalized spacial score (nSPS) is 12.8. The summed E-state index contributed by atoms with van der Waals surface area (Å²) >= 11 is 3.32. The van der Waals surface area contributed by atoms with Gasteiger partial charge in [0.1, 0.15) is 5.94 Å². The molecule has 0 aliphatic carbocycles. The highest BCUT2D eigenvalue weighted by Gasteiger charge is 2.38. The molecule has 5 nitrogen and oxygen atoms in total. The van der Waals surface area contributed by atoms with Gasteiger partial charge in [-0.15, -0.1) is 0 Å². The Morgan fingerprint density at radius 1 is 1.09 bits per heavy atom. The van der Waals surface area contributed by atoms with Gasteiger partial charge in [0.05, 0.1) is 5.57 Å². The molecule has 2 aromatic carbocycles. The maximum Gasteiger partial charge on any atom is 0.263 e. The fourth-order valence-electron chi connectivity index (χ4n) is 1.98. The number of benzene rings is 2. The molecule has 6 heteroatoms. The van der Waals surface area contributed by atoms with Crippen molar-refractivity contribution < 1.29 is 9.59 Å². The minimum atomic E-state index is -1.86. The molecule has 2 rings (SSSR count). The molecule has 22 heavy (non-hydrogen) atoms. The van der Waals surface area contributed by atoms with Crippen molar-refractivity contribution in [1.82, 2.24) is 0 Å². The van der Waals surface area contributed by atoms with Gasteiger partial charge >= 0.3 is 0 Å². The molecule has 112 valence electrons. The maximum absolute atomic E-state index is 11.9. The molecular formula is C16H14BrN3O2. The first kappa shape index (κ1) is 16.0. The van der Waals surface area contributed by atoms with E-state index in [1.54, 1.807) is 60.5 Å². The highest BCUT2D eigenvalue weighted by Crippen LogP contribution is 2.25. The Bertz CT molecular complexity index is 725. The van der Waals surface area contributed by atoms with Crippen molar-refractivity contribution in [3.05, 3.63) is 64.6 Å². The van der Waals surface area contributed by atoms with Crippen LogP contribution >= 0.6 is 15.9 Å². The molecule has 5 N–H and O–H groups in total. The molecule has 1 atom stereocenters. The fourth-order valence-corrected chi connectivity index (χ4v) is 2.24. The van der Waals surface area contributed by atoms with E-state index >= 15 is 0 Å². The molecule has 0 aliphatic heterocycles. The van der Waals surface area contributed by atoms with E-state index < -0.39 is 11.6 Å². The van der Waals surface area contributed by atoms with Crippen LogP contribution in [0.1, 0.15) is 5.56 Å². The van der Waals surface area contributed by atoms with Crippen molar-refractivity contribution in [3.8, 4) is 0 Å². The van der Waals surface area contributed by atoms with Gasteiger partial charge in [0.2, 0.25) is 5.66 Å². The van der Waals surface area contributed by atoms with E-state index in [9.17, 15) is 9.59 Å². The largest absolute Gasteiger partial charge is 0.366 e. The zero-order valence-corrected chi connectivity index (χ0v) is 13.1. The lowest BCUT2D eigenvalue weighted by atomic mass is 9.93. The number of carbonyl (C=O) groups excluding carboxylic acids is 2. The summed E-state index contributed by atoms with van der Waals surface area (Å²) in [7, 11) is 0. The molecule has 0 bridgehead atoms. The lowest BCUT2D eigenvalue weighted by molar-refractivity contribution is -0.120. The van der Waals surface area contributed by atoms with Crippen molar-refractivity contribution in [2.75, 3.05) is 5.32 Å². The molecule has 0 spiro atoms. The average molecular weight is 360 g/mol. The number of nitrogens with two attached hydrogens (primary N) is 2. The fraction of sp³-hybridized carbons (Fsp3) is 0.0625. The summed E-state index contributed by atoms with van der Waals surface area (Å²) in [5.74, 6) is 0.864. The minimum Gasteiger partial charge on any atom is -0.366 e. The average Bonchev–Trinajstić information content (AvgIpc) is 2.51. The SMILES string of the molecule is NC(=O)C(N)(Nc1ccc(Br)cc1)C(=C=O)c1ccccc1. The molecule has 0 aliphatic rings. The molecule has 0 saturated heterocycles. The standard InChI is InChI=1S/C16H14BrN3O2/c17-12-6-8-13(9-7-12)20-16(19,15(18)22)14(10-21)11-4-2-1-3-5-11/h1-9,20H,19H2,(H2,18,22). The molecule has 0 radical (unpaired) electrons. The van der Waals surface area contributed by atoms with Gasteiger partial charge in [-0.1, -0.05) is 46.3 Å². The Labute approximate surface area is 136 Å². The van der Waals surface area contributed by atoms with Gasteiger partial charge in [-0.2, -0.15) is 0 Å². The van der Waals surface area contributed by atoms with Gasteiger partial charge < -0.3 is 11.1 Å². The minimum absolute atomic E-state index is 0.0523. The summed E-state index contributed by atoms with van der Waals surface area (Å²) in [5.41, 5.74) is 10.6. The predicted molar refractivity (Wildman–Crippen MR) is 89.4 cm³/mol. The predicted octanol–water partition coefficient (Wildman–Crippen LogP) is 1.92. The topological polar surface area (TPSA) is 98.2 Å². The molecule has 0 saturated carbocycles. The number of rotatable bonds is 5. The number of anilines is 1. The van der Waals surface area contributed by atoms with Crippen LogP contribution in [0.15, 0.2) is 59.1 Å². The van der Waals surface area contributed by atoms with E-state index in [-0.39, 0.29) is 5.57 Å². The van der Waals surface area contributed by atoms with E-state index in [0.29, 0.717) is 11.3 Å². The Balaban J connectivity index is 2.45. The van der Waals surface area contributed by atoms with Crippen molar-refractivity contribution in [2.45, 2.75) is 5.66 Å². The highest BCUT2D eigenvalue weighted by molar-refractivity contribution is 9.10. The summed E-state index contributed by atoms with van der Waals surface area (Å²) in [6, 6.07) is 15.5. The van der Waals surface area contributed by atoms with Crippen molar-refractivity contribution >= 4 is 39.0 Å². The number of nitrogens with one attached hydrogen (secondary N) is 1. The van der Waals surface area contributed by atoms with Crippen LogP contribution in [0.2, 0.25) is 0 Å². The van der Waals surface area contributed by atoms with Crippen LogP contribution in [-0.2, 0) is 9.59 Å². The Morgan fingerprint density at radius 3 is 2.18 bits per heavy atom. The van der Waals surface area contributed by atoms with E-state index in [2.05, 4.69) is 21.2 Å². The van der Waals surface area contributed by atoms with Crippen LogP contribution in [-0.4, -0.2) is 17.5 Å². The molecule has 2 aromatic rings. The van der Waals surface area contributed by atoms with Crippen molar-refractivity contribution in [1.29, 1.82) is 0 Å². The van der Waals surface area contributed by atoms with Gasteiger partial charge in [0, 0.05) is 10.2 Å². The van der Waals surface area contributed by atoms with Crippen LogP contribution in [0.3, 0.4) is 0 Å². The lowest BCUT2D eigenvalue weighted by Crippen LogP contribution is -2.59. The third kappa shape index (κ3) is 3.26. The third-order valence-electron chi connectivity index (χ3n) is 3.13. The maximum atomic E-state index is 11.9. The number of carbonyl (C=O) groups is 1. The van der Waals surface area contributed by atoms with Crippen molar-refractivity contribution in [3.63, 3.8) is 0 Å². The Hall–Kier alpha value is -2.40. The van der Waals surface area contributed by atoms with E-state index in [4.69, 9.17) is 11.5 Å². The molecular weight excluding hydrogens is 346 g/mol. The highest BCUT2D eigenvalue weighted by atomic mass is 79.9. The zero-order chi connectivity index (χ0) is 16.2. The lowest BCUT2D eigenvalue weighted by Gasteiger charge is -2.29. The summed E-state index contributed by atoms with van der Waals surface area (Å²) in [6.07, 6.45) is 0.